The Bertz CT molecular complexity index is 501. The molecule has 1 fully saturated rings. The van der Waals surface area contributed by atoms with Gasteiger partial charge in [-0.25, -0.2) is 0 Å². The molecular formula is C19H33IN4. The van der Waals surface area contributed by atoms with Crippen LogP contribution in [0.2, 0.25) is 0 Å². The Kier molecular flexibility index (Phi) is 9.66. The zero-order valence-electron chi connectivity index (χ0n) is 15.5. The molecule has 4 nitrogen and oxygen atoms in total. The molecule has 1 aromatic carbocycles. The summed E-state index contributed by atoms with van der Waals surface area (Å²) >= 11 is 0. The summed E-state index contributed by atoms with van der Waals surface area (Å²) < 4.78 is 0. The molecule has 1 aliphatic rings. The summed E-state index contributed by atoms with van der Waals surface area (Å²) in [6.07, 6.45) is 3.69. The standard InChI is InChI=1S/C19H32N4.HI/c1-5-16-8-10-18(11-9-16)15(2)22-19(20-3)21-13-17-7-6-12-23(4)14-17;/h8-11,15,17H,5-7,12-14H2,1-4H3,(H2,20,21,22);1H. The van der Waals surface area contributed by atoms with Crippen molar-refractivity contribution in [1.82, 2.24) is 15.5 Å². The number of piperidine rings is 1. The van der Waals surface area contributed by atoms with Gasteiger partial charge in [-0.2, -0.15) is 0 Å². The lowest BCUT2D eigenvalue weighted by Gasteiger charge is -2.30. The number of hydrogen-bond donors (Lipinski definition) is 2. The minimum absolute atomic E-state index is 0. The molecule has 0 saturated carbocycles. The van der Waals surface area contributed by atoms with Gasteiger partial charge >= 0.3 is 0 Å². The summed E-state index contributed by atoms with van der Waals surface area (Å²) in [5.74, 6) is 1.61. The van der Waals surface area contributed by atoms with Gasteiger partial charge in [0.15, 0.2) is 5.96 Å². The van der Waals surface area contributed by atoms with Crippen LogP contribution in [0.1, 0.15) is 43.9 Å². The highest BCUT2D eigenvalue weighted by molar-refractivity contribution is 14.0. The minimum atomic E-state index is 0. The monoisotopic (exact) mass is 444 g/mol. The van der Waals surface area contributed by atoms with E-state index in [1.54, 1.807) is 0 Å². The molecule has 1 heterocycles. The van der Waals surface area contributed by atoms with Crippen LogP contribution in [0.15, 0.2) is 29.3 Å². The molecule has 2 unspecified atom stereocenters. The predicted octanol–water partition coefficient (Wildman–Crippen LogP) is 3.43. The second-order valence-corrected chi connectivity index (χ2v) is 6.68. The van der Waals surface area contributed by atoms with Crippen LogP contribution < -0.4 is 10.6 Å². The van der Waals surface area contributed by atoms with E-state index >= 15 is 0 Å². The number of rotatable bonds is 5. The van der Waals surface area contributed by atoms with E-state index in [1.165, 1.54) is 37.1 Å². The third-order valence-corrected chi connectivity index (χ3v) is 4.75. The topological polar surface area (TPSA) is 39.7 Å². The van der Waals surface area contributed by atoms with E-state index in [0.29, 0.717) is 5.92 Å². The molecule has 2 N–H and O–H groups in total. The van der Waals surface area contributed by atoms with Gasteiger partial charge in [0.05, 0.1) is 6.04 Å². The number of nitrogens with one attached hydrogen (secondary N) is 2. The van der Waals surface area contributed by atoms with Crippen molar-refractivity contribution in [3.8, 4) is 0 Å². The van der Waals surface area contributed by atoms with Gasteiger partial charge in [-0.1, -0.05) is 31.2 Å². The van der Waals surface area contributed by atoms with Crippen LogP contribution in [0.4, 0.5) is 0 Å². The van der Waals surface area contributed by atoms with Crippen molar-refractivity contribution >= 4 is 29.9 Å². The maximum Gasteiger partial charge on any atom is 0.191 e. The van der Waals surface area contributed by atoms with Gasteiger partial charge in [-0.15, -0.1) is 24.0 Å². The van der Waals surface area contributed by atoms with E-state index in [0.717, 1.165) is 18.9 Å². The third-order valence-electron chi connectivity index (χ3n) is 4.75. The number of likely N-dealkylation sites (tertiary alicyclic amines) is 1. The van der Waals surface area contributed by atoms with Gasteiger partial charge in [-0.05, 0) is 56.8 Å². The Labute approximate surface area is 164 Å². The zero-order valence-corrected chi connectivity index (χ0v) is 17.8. The molecule has 1 aromatic rings. The quantitative estimate of drug-likeness (QED) is 0.415. The average Bonchev–Trinajstić information content (AvgIpc) is 2.58. The van der Waals surface area contributed by atoms with Gasteiger partial charge < -0.3 is 15.5 Å². The van der Waals surface area contributed by atoms with Crippen LogP contribution in [0.5, 0.6) is 0 Å². The largest absolute Gasteiger partial charge is 0.356 e. The predicted molar refractivity (Wildman–Crippen MR) is 114 cm³/mol. The Morgan fingerprint density at radius 3 is 2.62 bits per heavy atom. The average molecular weight is 444 g/mol. The first kappa shape index (κ1) is 21.2. The Hall–Kier alpha value is -0.820. The lowest BCUT2D eigenvalue weighted by atomic mass is 9.98. The van der Waals surface area contributed by atoms with E-state index in [9.17, 15) is 0 Å². The van der Waals surface area contributed by atoms with Crippen molar-refractivity contribution in [1.29, 1.82) is 0 Å². The fourth-order valence-corrected chi connectivity index (χ4v) is 3.21. The number of benzene rings is 1. The van der Waals surface area contributed by atoms with E-state index in [2.05, 4.69) is 65.7 Å². The number of halogens is 1. The molecule has 24 heavy (non-hydrogen) atoms. The van der Waals surface area contributed by atoms with Crippen LogP contribution in [0, 0.1) is 5.92 Å². The summed E-state index contributed by atoms with van der Waals surface area (Å²) in [6.45, 7) is 7.77. The fraction of sp³-hybridized carbons (Fsp3) is 0.632. The Balaban J connectivity index is 0.00000288. The van der Waals surface area contributed by atoms with Gasteiger partial charge in [0, 0.05) is 20.1 Å². The maximum absolute atomic E-state index is 4.37. The van der Waals surface area contributed by atoms with Crippen LogP contribution in [0.3, 0.4) is 0 Å². The Morgan fingerprint density at radius 1 is 1.33 bits per heavy atom. The lowest BCUT2D eigenvalue weighted by Crippen LogP contribution is -2.44. The number of guanidine groups is 1. The van der Waals surface area contributed by atoms with E-state index in [4.69, 9.17) is 0 Å². The molecule has 1 saturated heterocycles. The van der Waals surface area contributed by atoms with Crippen molar-refractivity contribution in [3.05, 3.63) is 35.4 Å². The second-order valence-electron chi connectivity index (χ2n) is 6.68. The van der Waals surface area contributed by atoms with Crippen molar-refractivity contribution in [2.75, 3.05) is 33.7 Å². The first-order valence-electron chi connectivity index (χ1n) is 8.87. The molecule has 0 aliphatic carbocycles. The van der Waals surface area contributed by atoms with Crippen LogP contribution in [0.25, 0.3) is 0 Å². The van der Waals surface area contributed by atoms with E-state index < -0.39 is 0 Å². The van der Waals surface area contributed by atoms with Gasteiger partial charge in [0.1, 0.15) is 0 Å². The second kappa shape index (κ2) is 10.9. The number of hydrogen-bond acceptors (Lipinski definition) is 2. The van der Waals surface area contributed by atoms with Gasteiger partial charge in [0.25, 0.3) is 0 Å². The van der Waals surface area contributed by atoms with Crippen LogP contribution in [-0.4, -0.2) is 44.6 Å². The summed E-state index contributed by atoms with van der Waals surface area (Å²) in [5, 5.41) is 6.99. The maximum atomic E-state index is 4.37. The zero-order chi connectivity index (χ0) is 16.7. The van der Waals surface area contributed by atoms with Crippen molar-refractivity contribution in [3.63, 3.8) is 0 Å². The molecule has 0 bridgehead atoms. The summed E-state index contributed by atoms with van der Waals surface area (Å²) in [7, 11) is 4.05. The highest BCUT2D eigenvalue weighted by atomic mass is 127. The molecule has 2 atom stereocenters. The third kappa shape index (κ3) is 6.59. The molecule has 5 heteroatoms. The van der Waals surface area contributed by atoms with Crippen molar-refractivity contribution in [2.45, 2.75) is 39.2 Å². The van der Waals surface area contributed by atoms with Gasteiger partial charge in [-0.3, -0.25) is 4.99 Å². The fourth-order valence-electron chi connectivity index (χ4n) is 3.21. The van der Waals surface area contributed by atoms with Crippen LogP contribution >= 0.6 is 24.0 Å². The molecule has 1 aliphatic heterocycles. The summed E-state index contributed by atoms with van der Waals surface area (Å²) in [5.41, 5.74) is 2.67. The Morgan fingerprint density at radius 2 is 2.04 bits per heavy atom. The SMILES string of the molecule is CCc1ccc(C(C)NC(=NC)NCC2CCCN(C)C2)cc1.I. The highest BCUT2D eigenvalue weighted by Crippen LogP contribution is 2.15. The van der Waals surface area contributed by atoms with Crippen molar-refractivity contribution in [2.24, 2.45) is 10.9 Å². The van der Waals surface area contributed by atoms with Crippen LogP contribution in [-0.2, 0) is 6.42 Å². The molecule has 0 spiro atoms. The molecule has 0 amide bonds. The first-order chi connectivity index (χ1) is 11.1. The molecule has 136 valence electrons. The van der Waals surface area contributed by atoms with E-state index in [-0.39, 0.29) is 30.0 Å². The summed E-state index contributed by atoms with van der Waals surface area (Å²) in [4.78, 5) is 6.79. The molecule has 2 rings (SSSR count). The number of aryl methyl sites for hydroxylation is 1. The van der Waals surface area contributed by atoms with Gasteiger partial charge in [0.2, 0.25) is 0 Å². The normalized spacial score (nSPS) is 20.2. The number of nitrogens with zero attached hydrogens (tertiary/aromatic N) is 2. The molecule has 0 radical (unpaired) electrons. The number of aliphatic imine (C=N–C) groups is 1. The van der Waals surface area contributed by atoms with Crippen molar-refractivity contribution < 1.29 is 0 Å². The molecular weight excluding hydrogens is 411 g/mol. The lowest BCUT2D eigenvalue weighted by molar-refractivity contribution is 0.210. The molecule has 0 aromatic heterocycles. The van der Waals surface area contributed by atoms with E-state index in [1.807, 2.05) is 7.05 Å². The summed E-state index contributed by atoms with van der Waals surface area (Å²) in [6, 6.07) is 9.09. The first-order valence-corrected chi connectivity index (χ1v) is 8.87. The highest BCUT2D eigenvalue weighted by Gasteiger charge is 2.17. The minimum Gasteiger partial charge on any atom is -0.356 e. The smallest absolute Gasteiger partial charge is 0.191 e.